The summed E-state index contributed by atoms with van der Waals surface area (Å²) in [6, 6.07) is 8.75. The van der Waals surface area contributed by atoms with Crippen LogP contribution in [0, 0.1) is 5.82 Å². The van der Waals surface area contributed by atoms with E-state index in [0.717, 1.165) is 23.8 Å². The Bertz CT molecular complexity index is 808. The van der Waals surface area contributed by atoms with Crippen molar-refractivity contribution in [3.8, 4) is 5.75 Å². The topological polar surface area (TPSA) is 55.4 Å². The Morgan fingerprint density at radius 1 is 1.19 bits per heavy atom. The second-order valence-corrected chi connectivity index (χ2v) is 7.14. The summed E-state index contributed by atoms with van der Waals surface area (Å²) in [6.45, 7) is 0.601. The van der Waals surface area contributed by atoms with E-state index in [4.69, 9.17) is 4.74 Å². The molecule has 0 amide bonds. The first-order valence-corrected chi connectivity index (χ1v) is 8.47. The van der Waals surface area contributed by atoms with E-state index in [1.807, 2.05) is 0 Å². The van der Waals surface area contributed by atoms with Crippen LogP contribution < -0.4 is 9.46 Å². The molecule has 0 aromatic heterocycles. The number of halogens is 2. The van der Waals surface area contributed by atoms with Gasteiger partial charge in [0, 0.05) is 12.1 Å². The van der Waals surface area contributed by atoms with Gasteiger partial charge in [-0.05, 0) is 57.9 Å². The van der Waals surface area contributed by atoms with Gasteiger partial charge in [0.1, 0.15) is 11.6 Å². The van der Waals surface area contributed by atoms with E-state index in [-0.39, 0.29) is 9.37 Å². The lowest BCUT2D eigenvalue weighted by molar-refractivity contribution is 0.357. The van der Waals surface area contributed by atoms with Crippen LogP contribution in [-0.2, 0) is 16.4 Å². The van der Waals surface area contributed by atoms with Gasteiger partial charge in [-0.25, -0.2) is 12.8 Å². The van der Waals surface area contributed by atoms with Gasteiger partial charge in [-0.3, -0.25) is 4.72 Å². The summed E-state index contributed by atoms with van der Waals surface area (Å²) in [5.41, 5.74) is 1.39. The maximum Gasteiger partial charge on any atom is 0.261 e. The van der Waals surface area contributed by atoms with Gasteiger partial charge < -0.3 is 4.74 Å². The Hall–Kier alpha value is -1.60. The SMILES string of the molecule is O=S(=O)(Nc1ccc2c(c1)CCO2)c1ccc(Br)c(F)c1. The van der Waals surface area contributed by atoms with Crippen molar-refractivity contribution < 1.29 is 17.5 Å². The normalized spacial score (nSPS) is 13.6. The van der Waals surface area contributed by atoms with E-state index >= 15 is 0 Å². The minimum absolute atomic E-state index is 0.125. The number of rotatable bonds is 3. The van der Waals surface area contributed by atoms with Crippen molar-refractivity contribution in [2.75, 3.05) is 11.3 Å². The van der Waals surface area contributed by atoms with Crippen LogP contribution in [0.4, 0.5) is 10.1 Å². The number of nitrogens with one attached hydrogen (secondary N) is 1. The molecule has 0 bridgehead atoms. The average molecular weight is 372 g/mol. The van der Waals surface area contributed by atoms with Gasteiger partial charge in [-0.1, -0.05) is 0 Å². The van der Waals surface area contributed by atoms with Crippen LogP contribution in [0.25, 0.3) is 0 Å². The zero-order valence-electron chi connectivity index (χ0n) is 10.8. The molecule has 0 fully saturated rings. The van der Waals surface area contributed by atoms with E-state index in [1.165, 1.54) is 12.1 Å². The van der Waals surface area contributed by atoms with E-state index in [9.17, 15) is 12.8 Å². The van der Waals surface area contributed by atoms with Gasteiger partial charge in [0.05, 0.1) is 16.0 Å². The maximum atomic E-state index is 13.5. The third-order valence-corrected chi connectivity index (χ3v) is 5.17. The van der Waals surface area contributed by atoms with Crippen molar-refractivity contribution in [1.82, 2.24) is 0 Å². The molecule has 3 rings (SSSR count). The number of fused-ring (bicyclic) bond motifs is 1. The van der Waals surface area contributed by atoms with Crippen LogP contribution in [0.5, 0.6) is 5.75 Å². The van der Waals surface area contributed by atoms with Gasteiger partial charge in [0.2, 0.25) is 0 Å². The van der Waals surface area contributed by atoms with Crippen molar-refractivity contribution in [3.05, 3.63) is 52.3 Å². The molecule has 0 unspecified atom stereocenters. The predicted molar refractivity (Wildman–Crippen MR) is 80.5 cm³/mol. The number of ether oxygens (including phenoxy) is 1. The highest BCUT2D eigenvalue weighted by atomic mass is 79.9. The molecule has 4 nitrogen and oxygen atoms in total. The van der Waals surface area contributed by atoms with Crippen molar-refractivity contribution in [2.24, 2.45) is 0 Å². The second kappa shape index (κ2) is 5.31. The van der Waals surface area contributed by atoms with Crippen LogP contribution >= 0.6 is 15.9 Å². The smallest absolute Gasteiger partial charge is 0.261 e. The first kappa shape index (κ1) is 14.3. The molecule has 0 saturated carbocycles. The Balaban J connectivity index is 1.90. The minimum atomic E-state index is -3.82. The van der Waals surface area contributed by atoms with Crippen molar-refractivity contribution in [1.29, 1.82) is 0 Å². The number of hydrogen-bond acceptors (Lipinski definition) is 3. The van der Waals surface area contributed by atoms with Crippen LogP contribution in [0.3, 0.4) is 0 Å². The zero-order chi connectivity index (χ0) is 15.0. The molecule has 1 N–H and O–H groups in total. The quantitative estimate of drug-likeness (QED) is 0.900. The summed E-state index contributed by atoms with van der Waals surface area (Å²) in [5.74, 6) is 0.146. The molecule has 2 aromatic rings. The fourth-order valence-corrected chi connectivity index (χ4v) is 3.42. The van der Waals surface area contributed by atoms with Crippen LogP contribution in [-0.4, -0.2) is 15.0 Å². The lowest BCUT2D eigenvalue weighted by Crippen LogP contribution is -2.13. The molecule has 0 atom stereocenters. The average Bonchev–Trinajstić information content (AvgIpc) is 2.88. The number of hydrogen-bond donors (Lipinski definition) is 1. The Kier molecular flexibility index (Phi) is 3.62. The van der Waals surface area contributed by atoms with Crippen molar-refractivity contribution >= 4 is 31.6 Å². The highest BCUT2D eigenvalue weighted by Crippen LogP contribution is 2.29. The lowest BCUT2D eigenvalue weighted by atomic mass is 10.1. The monoisotopic (exact) mass is 371 g/mol. The first-order chi connectivity index (χ1) is 9.95. The zero-order valence-corrected chi connectivity index (χ0v) is 13.2. The summed E-state index contributed by atoms with van der Waals surface area (Å²) >= 11 is 2.99. The lowest BCUT2D eigenvalue weighted by Gasteiger charge is -2.09. The highest BCUT2D eigenvalue weighted by Gasteiger charge is 2.18. The van der Waals surface area contributed by atoms with Crippen molar-refractivity contribution in [3.63, 3.8) is 0 Å². The molecule has 0 spiro atoms. The van der Waals surface area contributed by atoms with Gasteiger partial charge >= 0.3 is 0 Å². The number of anilines is 1. The molecular weight excluding hydrogens is 361 g/mol. The third-order valence-electron chi connectivity index (χ3n) is 3.14. The van der Waals surface area contributed by atoms with Gasteiger partial charge in [0.25, 0.3) is 10.0 Å². The fourth-order valence-electron chi connectivity index (χ4n) is 2.11. The van der Waals surface area contributed by atoms with Gasteiger partial charge in [-0.15, -0.1) is 0 Å². The van der Waals surface area contributed by atoms with Crippen molar-refractivity contribution in [2.45, 2.75) is 11.3 Å². The molecule has 1 heterocycles. The second-order valence-electron chi connectivity index (χ2n) is 4.60. The minimum Gasteiger partial charge on any atom is -0.493 e. The molecule has 0 aliphatic carbocycles. The molecule has 7 heteroatoms. The Morgan fingerprint density at radius 2 is 2.00 bits per heavy atom. The molecule has 1 aliphatic rings. The largest absolute Gasteiger partial charge is 0.493 e. The molecule has 110 valence electrons. The number of sulfonamides is 1. The molecule has 21 heavy (non-hydrogen) atoms. The molecular formula is C14H11BrFNO3S. The van der Waals surface area contributed by atoms with E-state index in [0.29, 0.717) is 12.3 Å². The number of benzene rings is 2. The van der Waals surface area contributed by atoms with Crippen LogP contribution in [0.2, 0.25) is 0 Å². The van der Waals surface area contributed by atoms with Gasteiger partial charge in [0.15, 0.2) is 0 Å². The predicted octanol–water partition coefficient (Wildman–Crippen LogP) is 3.32. The Labute approximate surface area is 130 Å². The first-order valence-electron chi connectivity index (χ1n) is 6.19. The fraction of sp³-hybridized carbons (Fsp3) is 0.143. The molecule has 0 radical (unpaired) electrons. The summed E-state index contributed by atoms with van der Waals surface area (Å²) in [6.07, 6.45) is 0.748. The summed E-state index contributed by atoms with van der Waals surface area (Å²) in [4.78, 5) is -0.125. The van der Waals surface area contributed by atoms with E-state index in [1.54, 1.807) is 18.2 Å². The summed E-state index contributed by atoms with van der Waals surface area (Å²) in [7, 11) is -3.82. The standard InChI is InChI=1S/C14H11BrFNO3S/c15-12-3-2-11(8-13(12)16)21(18,19)17-10-1-4-14-9(7-10)5-6-20-14/h1-4,7-8,17H,5-6H2. The van der Waals surface area contributed by atoms with E-state index < -0.39 is 15.8 Å². The third kappa shape index (κ3) is 2.89. The Morgan fingerprint density at radius 3 is 2.76 bits per heavy atom. The molecule has 2 aromatic carbocycles. The van der Waals surface area contributed by atoms with Crippen LogP contribution in [0.1, 0.15) is 5.56 Å². The highest BCUT2D eigenvalue weighted by molar-refractivity contribution is 9.10. The molecule has 1 aliphatic heterocycles. The van der Waals surface area contributed by atoms with Crippen LogP contribution in [0.15, 0.2) is 45.8 Å². The molecule has 0 saturated heterocycles. The van der Waals surface area contributed by atoms with E-state index in [2.05, 4.69) is 20.7 Å². The maximum absolute atomic E-state index is 13.5. The van der Waals surface area contributed by atoms with Gasteiger partial charge in [-0.2, -0.15) is 0 Å². The summed E-state index contributed by atoms with van der Waals surface area (Å²) < 4.78 is 46.0. The summed E-state index contributed by atoms with van der Waals surface area (Å²) in [5, 5.41) is 0.